The zero-order valence-corrected chi connectivity index (χ0v) is 10.5. The Morgan fingerprint density at radius 1 is 1.71 bits per heavy atom. The van der Waals surface area contributed by atoms with E-state index < -0.39 is 12.2 Å². The summed E-state index contributed by atoms with van der Waals surface area (Å²) in [5.74, 6) is -0.847. The third kappa shape index (κ3) is 4.70. The molecule has 2 atom stereocenters. The first kappa shape index (κ1) is 16.7. The number of aliphatic carboxylic acids is 1. The second-order valence-electron chi connectivity index (χ2n) is 2.94. The standard InChI is InChI=1S/C7H14N2O3.Na.H2O/c1-5(10)9-3-2-8-6(9)4-7(11)12;;/h5-6,8,10H,2-4H2,1H3,(H,11,12);;1H2/q;+1;/p-1. The van der Waals surface area contributed by atoms with Gasteiger partial charge in [-0.2, -0.15) is 0 Å². The van der Waals surface area contributed by atoms with E-state index in [1.54, 1.807) is 11.8 Å². The molecule has 0 aliphatic carbocycles. The van der Waals surface area contributed by atoms with Crippen LogP contribution in [0.3, 0.4) is 0 Å². The van der Waals surface area contributed by atoms with E-state index in [2.05, 4.69) is 5.32 Å². The van der Waals surface area contributed by atoms with Crippen molar-refractivity contribution in [1.82, 2.24) is 10.2 Å². The van der Waals surface area contributed by atoms with Crippen LogP contribution in [0.5, 0.6) is 0 Å². The van der Waals surface area contributed by atoms with E-state index in [9.17, 15) is 9.90 Å². The van der Waals surface area contributed by atoms with Crippen molar-refractivity contribution in [2.24, 2.45) is 0 Å². The summed E-state index contributed by atoms with van der Waals surface area (Å²) in [6.45, 7) is 3.08. The molecule has 1 aliphatic heterocycles. The van der Waals surface area contributed by atoms with Crippen LogP contribution in [0, 0.1) is 0 Å². The van der Waals surface area contributed by atoms with Gasteiger partial charge in [0.2, 0.25) is 0 Å². The Hall–Kier alpha value is 0.310. The third-order valence-corrected chi connectivity index (χ3v) is 2.00. The molecule has 78 valence electrons. The predicted molar refractivity (Wildman–Crippen MR) is 44.4 cm³/mol. The van der Waals surface area contributed by atoms with Gasteiger partial charge < -0.3 is 15.7 Å². The quantitative estimate of drug-likeness (QED) is 0.412. The average molecular weight is 214 g/mol. The minimum atomic E-state index is -0.847. The molecule has 1 fully saturated rings. The van der Waals surface area contributed by atoms with Crippen molar-refractivity contribution < 1.29 is 50.0 Å². The largest absolute Gasteiger partial charge is 1.00 e. The Bertz CT molecular complexity index is 179. The second kappa shape index (κ2) is 7.58. The topological polar surface area (TPSA) is 103 Å². The fraction of sp³-hybridized carbons (Fsp3) is 0.857. The number of carboxylic acid groups (broad SMARTS) is 1. The van der Waals surface area contributed by atoms with E-state index in [1.807, 2.05) is 0 Å². The molecule has 0 saturated carbocycles. The number of carbonyl (C=O) groups is 1. The first-order valence-electron chi connectivity index (χ1n) is 4.00. The Labute approximate surface area is 105 Å². The monoisotopic (exact) mass is 214 g/mol. The number of aliphatic hydroxyl groups excluding tert-OH is 1. The van der Waals surface area contributed by atoms with E-state index in [0.717, 1.165) is 6.54 Å². The van der Waals surface area contributed by atoms with Crippen molar-refractivity contribution in [2.75, 3.05) is 13.1 Å². The van der Waals surface area contributed by atoms with Gasteiger partial charge in [0.15, 0.2) is 0 Å². The zero-order valence-electron chi connectivity index (χ0n) is 8.47. The molecular weight excluding hydrogens is 199 g/mol. The number of nitrogens with zero attached hydrogens (tertiary/aromatic N) is 1. The van der Waals surface area contributed by atoms with Crippen molar-refractivity contribution in [3.05, 3.63) is 0 Å². The molecule has 0 bridgehead atoms. The van der Waals surface area contributed by atoms with E-state index >= 15 is 0 Å². The molecule has 6 nitrogen and oxygen atoms in total. The van der Waals surface area contributed by atoms with Crippen LogP contribution in [0.4, 0.5) is 0 Å². The van der Waals surface area contributed by atoms with E-state index in [4.69, 9.17) is 5.11 Å². The Balaban J connectivity index is 0. The molecule has 0 spiro atoms. The zero-order chi connectivity index (χ0) is 9.14. The molecule has 2 unspecified atom stereocenters. The summed E-state index contributed by atoms with van der Waals surface area (Å²) < 4.78 is 0. The summed E-state index contributed by atoms with van der Waals surface area (Å²) in [5.41, 5.74) is 0. The molecule has 7 heteroatoms. The van der Waals surface area contributed by atoms with Gasteiger partial charge in [0.25, 0.3) is 0 Å². The molecule has 0 aromatic heterocycles. The summed E-state index contributed by atoms with van der Waals surface area (Å²) in [6.07, 6.45) is -0.767. The maximum absolute atomic E-state index is 10.4. The van der Waals surface area contributed by atoms with Gasteiger partial charge >= 0.3 is 35.5 Å². The summed E-state index contributed by atoms with van der Waals surface area (Å²) in [7, 11) is 0. The third-order valence-electron chi connectivity index (χ3n) is 2.00. The van der Waals surface area contributed by atoms with Crippen molar-refractivity contribution in [3.63, 3.8) is 0 Å². The molecule has 1 aliphatic rings. The smallest absolute Gasteiger partial charge is 0.870 e. The summed E-state index contributed by atoms with van der Waals surface area (Å²) >= 11 is 0. The van der Waals surface area contributed by atoms with Crippen molar-refractivity contribution in [2.45, 2.75) is 25.7 Å². The van der Waals surface area contributed by atoms with Crippen LogP contribution in [0.15, 0.2) is 0 Å². The summed E-state index contributed by atoms with van der Waals surface area (Å²) in [6, 6.07) is 0. The van der Waals surface area contributed by atoms with Crippen molar-refractivity contribution in [3.8, 4) is 0 Å². The molecule has 4 N–H and O–H groups in total. The molecular formula is C7H15N2NaO4. The van der Waals surface area contributed by atoms with Crippen LogP contribution in [0.25, 0.3) is 0 Å². The molecule has 1 rings (SSSR count). The first-order valence-corrected chi connectivity index (χ1v) is 4.00. The van der Waals surface area contributed by atoms with Gasteiger partial charge in [-0.25, -0.2) is 0 Å². The SMILES string of the molecule is CC(O)N1CCNC1CC(=O)O.[Na+].[OH-]. The van der Waals surface area contributed by atoms with Gasteiger partial charge in [0.05, 0.1) is 12.6 Å². The van der Waals surface area contributed by atoms with Crippen molar-refractivity contribution in [1.29, 1.82) is 0 Å². The summed E-state index contributed by atoms with van der Waals surface area (Å²) in [4.78, 5) is 12.1. The normalized spacial score (nSPS) is 23.4. The van der Waals surface area contributed by atoms with Gasteiger partial charge in [-0.05, 0) is 6.92 Å². The molecule has 0 radical (unpaired) electrons. The fourth-order valence-corrected chi connectivity index (χ4v) is 1.44. The van der Waals surface area contributed by atoms with Gasteiger partial charge in [-0.1, -0.05) is 0 Å². The number of rotatable bonds is 3. The first-order chi connectivity index (χ1) is 5.61. The summed E-state index contributed by atoms with van der Waals surface area (Å²) in [5, 5.41) is 20.8. The van der Waals surface area contributed by atoms with Crippen molar-refractivity contribution >= 4 is 5.97 Å². The van der Waals surface area contributed by atoms with Gasteiger partial charge in [0.1, 0.15) is 6.23 Å². The number of hydrogen-bond acceptors (Lipinski definition) is 5. The Morgan fingerprint density at radius 2 is 2.29 bits per heavy atom. The van der Waals surface area contributed by atoms with E-state index in [-0.39, 0.29) is 47.6 Å². The fourth-order valence-electron chi connectivity index (χ4n) is 1.44. The number of aliphatic hydroxyl groups is 1. The van der Waals surface area contributed by atoms with Crippen LogP contribution in [0.2, 0.25) is 0 Å². The van der Waals surface area contributed by atoms with Crippen LogP contribution >= 0.6 is 0 Å². The van der Waals surface area contributed by atoms with Gasteiger partial charge in [-0.15, -0.1) is 0 Å². The molecule has 1 saturated heterocycles. The Kier molecular flexibility index (Phi) is 9.06. The molecule has 0 aromatic carbocycles. The molecule has 0 amide bonds. The van der Waals surface area contributed by atoms with Gasteiger partial charge in [0, 0.05) is 13.1 Å². The van der Waals surface area contributed by atoms with Crippen LogP contribution in [-0.4, -0.2) is 52.0 Å². The van der Waals surface area contributed by atoms with Crippen LogP contribution < -0.4 is 34.9 Å². The second-order valence-corrected chi connectivity index (χ2v) is 2.94. The number of carboxylic acids is 1. The molecule has 0 aromatic rings. The van der Waals surface area contributed by atoms with Crippen LogP contribution in [0.1, 0.15) is 13.3 Å². The predicted octanol–water partition coefficient (Wildman–Crippen LogP) is -4.14. The van der Waals surface area contributed by atoms with Gasteiger partial charge in [-0.3, -0.25) is 15.0 Å². The maximum Gasteiger partial charge on any atom is 1.00 e. The van der Waals surface area contributed by atoms with E-state index in [1.165, 1.54) is 0 Å². The number of hydrogen-bond donors (Lipinski definition) is 3. The minimum Gasteiger partial charge on any atom is -0.870 e. The van der Waals surface area contributed by atoms with E-state index in [0.29, 0.717) is 6.54 Å². The molecule has 1 heterocycles. The Morgan fingerprint density at radius 3 is 2.71 bits per heavy atom. The van der Waals surface area contributed by atoms with Crippen LogP contribution in [-0.2, 0) is 4.79 Å². The minimum absolute atomic E-state index is 0. The molecule has 14 heavy (non-hydrogen) atoms. The average Bonchev–Trinajstić information content (AvgIpc) is 2.33. The maximum atomic E-state index is 10.4. The number of nitrogens with one attached hydrogen (secondary N) is 1.